The van der Waals surface area contributed by atoms with Crippen molar-refractivity contribution in [1.29, 1.82) is 0 Å². The van der Waals surface area contributed by atoms with E-state index in [-0.39, 0.29) is 0 Å². The third-order valence-corrected chi connectivity index (χ3v) is 1.78. The second-order valence-electron chi connectivity index (χ2n) is 2.80. The summed E-state index contributed by atoms with van der Waals surface area (Å²) in [4.78, 5) is 4.23. The summed E-state index contributed by atoms with van der Waals surface area (Å²) in [6.07, 6.45) is 7.96. The first-order valence-electron chi connectivity index (χ1n) is 4.37. The van der Waals surface area contributed by atoms with E-state index in [1.165, 1.54) is 12.1 Å². The van der Waals surface area contributed by atoms with E-state index < -0.39 is 0 Å². The zero-order chi connectivity index (χ0) is 8.65. The molecule has 0 saturated carbocycles. The molecule has 0 aliphatic carbocycles. The van der Waals surface area contributed by atoms with Gasteiger partial charge in [-0.05, 0) is 37.8 Å². The van der Waals surface area contributed by atoms with Crippen LogP contribution in [0, 0.1) is 6.58 Å². The Morgan fingerprint density at radius 3 is 2.92 bits per heavy atom. The molecule has 0 N–H and O–H groups in total. The number of nitrogens with zero attached hydrogens (tertiary/aromatic N) is 1. The normalized spacial score (nSPS) is 9.67. The first-order valence-corrected chi connectivity index (χ1v) is 4.37. The van der Waals surface area contributed by atoms with Gasteiger partial charge in [-0.2, -0.15) is 0 Å². The SMILES string of the molecule is [CH]=CCCCCc1ccccn1. The number of aryl methyl sites for hydroxylation is 1. The number of allylic oxidation sites excluding steroid dienone is 1. The molecule has 1 aromatic heterocycles. The summed E-state index contributed by atoms with van der Waals surface area (Å²) < 4.78 is 0. The lowest BCUT2D eigenvalue weighted by Crippen LogP contribution is -1.88. The highest BCUT2D eigenvalue weighted by molar-refractivity contribution is 5.03. The molecule has 0 aromatic carbocycles. The van der Waals surface area contributed by atoms with E-state index in [1.807, 2.05) is 18.3 Å². The Morgan fingerprint density at radius 2 is 2.25 bits per heavy atom. The zero-order valence-electron chi connectivity index (χ0n) is 7.24. The van der Waals surface area contributed by atoms with Gasteiger partial charge in [0.25, 0.3) is 0 Å². The Labute approximate surface area is 74.2 Å². The lowest BCUT2D eigenvalue weighted by atomic mass is 10.1. The van der Waals surface area contributed by atoms with Crippen LogP contribution in [0.2, 0.25) is 0 Å². The maximum atomic E-state index is 5.27. The third-order valence-electron chi connectivity index (χ3n) is 1.78. The molecule has 1 nitrogen and oxygen atoms in total. The van der Waals surface area contributed by atoms with Crippen molar-refractivity contribution in [3.05, 3.63) is 42.7 Å². The summed E-state index contributed by atoms with van der Waals surface area (Å²) in [5.41, 5.74) is 1.18. The van der Waals surface area contributed by atoms with Crippen LogP contribution in [0.3, 0.4) is 0 Å². The van der Waals surface area contributed by atoms with Gasteiger partial charge in [-0.15, -0.1) is 0 Å². The molecule has 12 heavy (non-hydrogen) atoms. The van der Waals surface area contributed by atoms with E-state index in [0.717, 1.165) is 19.3 Å². The predicted molar refractivity (Wildman–Crippen MR) is 50.7 cm³/mol. The van der Waals surface area contributed by atoms with Gasteiger partial charge in [-0.1, -0.05) is 18.7 Å². The maximum absolute atomic E-state index is 5.27. The summed E-state index contributed by atoms with van der Waals surface area (Å²) in [6.45, 7) is 5.27. The number of aromatic nitrogens is 1. The fourth-order valence-corrected chi connectivity index (χ4v) is 1.11. The third kappa shape index (κ3) is 3.33. The molecule has 0 amide bonds. The molecule has 1 heterocycles. The largest absolute Gasteiger partial charge is 0.261 e. The predicted octanol–water partition coefficient (Wildman–Crippen LogP) is 2.78. The number of pyridine rings is 1. The monoisotopic (exact) mass is 160 g/mol. The fourth-order valence-electron chi connectivity index (χ4n) is 1.11. The molecule has 1 rings (SSSR count). The Balaban J connectivity index is 2.20. The van der Waals surface area contributed by atoms with E-state index in [1.54, 1.807) is 6.08 Å². The molecule has 1 aromatic rings. The lowest BCUT2D eigenvalue weighted by Gasteiger charge is -1.97. The van der Waals surface area contributed by atoms with Crippen molar-refractivity contribution in [2.75, 3.05) is 0 Å². The number of unbranched alkanes of at least 4 members (excludes halogenated alkanes) is 2. The van der Waals surface area contributed by atoms with Crippen LogP contribution in [0.1, 0.15) is 25.0 Å². The standard InChI is InChI=1S/C11H14N/c1-2-3-4-5-8-11-9-6-7-10-12-11/h1-2,6-7,9-10H,3-5,8H2. The van der Waals surface area contributed by atoms with Crippen LogP contribution in [0.4, 0.5) is 0 Å². The van der Waals surface area contributed by atoms with Crippen molar-refractivity contribution >= 4 is 0 Å². The van der Waals surface area contributed by atoms with Gasteiger partial charge in [0.15, 0.2) is 0 Å². The second-order valence-corrected chi connectivity index (χ2v) is 2.80. The number of hydrogen-bond donors (Lipinski definition) is 0. The Morgan fingerprint density at radius 1 is 1.33 bits per heavy atom. The summed E-state index contributed by atoms with van der Waals surface area (Å²) in [7, 11) is 0. The zero-order valence-corrected chi connectivity index (χ0v) is 7.24. The minimum absolute atomic E-state index is 1.01. The highest BCUT2D eigenvalue weighted by Gasteiger charge is 1.91. The van der Waals surface area contributed by atoms with E-state index >= 15 is 0 Å². The molecular weight excluding hydrogens is 146 g/mol. The van der Waals surface area contributed by atoms with Crippen molar-refractivity contribution in [2.24, 2.45) is 0 Å². The van der Waals surface area contributed by atoms with Gasteiger partial charge < -0.3 is 0 Å². The highest BCUT2D eigenvalue weighted by Crippen LogP contribution is 2.03. The van der Waals surface area contributed by atoms with Gasteiger partial charge in [-0.25, -0.2) is 0 Å². The molecule has 63 valence electrons. The van der Waals surface area contributed by atoms with Gasteiger partial charge in [-0.3, -0.25) is 4.98 Å². The van der Waals surface area contributed by atoms with Crippen LogP contribution in [-0.4, -0.2) is 4.98 Å². The minimum Gasteiger partial charge on any atom is -0.261 e. The number of rotatable bonds is 5. The summed E-state index contributed by atoms with van der Waals surface area (Å²) in [5, 5.41) is 0. The molecule has 0 fully saturated rings. The molecule has 0 bridgehead atoms. The van der Waals surface area contributed by atoms with E-state index in [9.17, 15) is 0 Å². The average Bonchev–Trinajstić information content (AvgIpc) is 2.14. The lowest BCUT2D eigenvalue weighted by molar-refractivity contribution is 0.735. The van der Waals surface area contributed by atoms with Crippen molar-refractivity contribution < 1.29 is 0 Å². The van der Waals surface area contributed by atoms with Gasteiger partial charge in [0.05, 0.1) is 0 Å². The van der Waals surface area contributed by atoms with Gasteiger partial charge in [0.1, 0.15) is 0 Å². The van der Waals surface area contributed by atoms with Crippen LogP contribution in [0.5, 0.6) is 0 Å². The number of hydrogen-bond acceptors (Lipinski definition) is 1. The van der Waals surface area contributed by atoms with E-state index in [0.29, 0.717) is 0 Å². The molecular formula is C11H14N. The Kier molecular flexibility index (Phi) is 4.14. The average molecular weight is 160 g/mol. The first-order chi connectivity index (χ1) is 5.93. The van der Waals surface area contributed by atoms with Crippen LogP contribution >= 0.6 is 0 Å². The van der Waals surface area contributed by atoms with Crippen molar-refractivity contribution in [3.63, 3.8) is 0 Å². The minimum atomic E-state index is 1.01. The summed E-state index contributed by atoms with van der Waals surface area (Å²) in [6, 6.07) is 6.03. The molecule has 0 saturated heterocycles. The van der Waals surface area contributed by atoms with Crippen LogP contribution in [0.15, 0.2) is 30.5 Å². The molecule has 0 aliphatic rings. The molecule has 0 aliphatic heterocycles. The second kappa shape index (κ2) is 5.53. The molecule has 0 atom stereocenters. The van der Waals surface area contributed by atoms with Crippen LogP contribution < -0.4 is 0 Å². The molecule has 1 radical (unpaired) electrons. The summed E-state index contributed by atoms with van der Waals surface area (Å²) in [5.74, 6) is 0. The smallest absolute Gasteiger partial charge is 0.0403 e. The quantitative estimate of drug-likeness (QED) is 0.603. The van der Waals surface area contributed by atoms with Crippen molar-refractivity contribution in [2.45, 2.75) is 25.7 Å². The fraction of sp³-hybridized carbons (Fsp3) is 0.364. The maximum Gasteiger partial charge on any atom is 0.0403 e. The first kappa shape index (κ1) is 8.98. The van der Waals surface area contributed by atoms with Crippen molar-refractivity contribution in [3.8, 4) is 0 Å². The van der Waals surface area contributed by atoms with Crippen molar-refractivity contribution in [1.82, 2.24) is 4.98 Å². The Hall–Kier alpha value is -1.11. The van der Waals surface area contributed by atoms with Crippen LogP contribution in [-0.2, 0) is 6.42 Å². The van der Waals surface area contributed by atoms with Gasteiger partial charge in [0, 0.05) is 11.9 Å². The summed E-state index contributed by atoms with van der Waals surface area (Å²) >= 11 is 0. The molecule has 0 unspecified atom stereocenters. The van der Waals surface area contributed by atoms with E-state index in [4.69, 9.17) is 6.58 Å². The Bertz CT molecular complexity index is 216. The van der Waals surface area contributed by atoms with Crippen LogP contribution in [0.25, 0.3) is 0 Å². The van der Waals surface area contributed by atoms with Gasteiger partial charge >= 0.3 is 0 Å². The molecule has 0 spiro atoms. The highest BCUT2D eigenvalue weighted by atomic mass is 14.7. The van der Waals surface area contributed by atoms with E-state index in [2.05, 4.69) is 11.1 Å². The van der Waals surface area contributed by atoms with Gasteiger partial charge in [0.2, 0.25) is 0 Å². The topological polar surface area (TPSA) is 12.9 Å². The molecule has 1 heteroatoms.